The largest absolute Gasteiger partial charge is 0.497 e. The van der Waals surface area contributed by atoms with Crippen molar-refractivity contribution in [3.63, 3.8) is 0 Å². The molecule has 3 aromatic rings. The van der Waals surface area contributed by atoms with E-state index in [-0.39, 0.29) is 17.9 Å². The van der Waals surface area contributed by atoms with Gasteiger partial charge in [-0.2, -0.15) is 0 Å². The summed E-state index contributed by atoms with van der Waals surface area (Å²) >= 11 is 4.40. The molecule has 0 unspecified atom stereocenters. The Morgan fingerprint density at radius 1 is 0.931 bits per heavy atom. The van der Waals surface area contributed by atoms with Crippen LogP contribution in [0.2, 0.25) is 0 Å². The highest BCUT2D eigenvalue weighted by Crippen LogP contribution is 2.46. The fraction of sp³-hybridized carbons (Fsp3) is 0.240. The van der Waals surface area contributed by atoms with Crippen molar-refractivity contribution in [1.82, 2.24) is 0 Å². The summed E-state index contributed by atoms with van der Waals surface area (Å²) in [6.07, 6.45) is 2.88. The lowest BCUT2D eigenvalue weighted by Gasteiger charge is -2.47. The van der Waals surface area contributed by atoms with Crippen molar-refractivity contribution in [3.8, 4) is 5.75 Å². The first-order chi connectivity index (χ1) is 14.2. The Hall–Kier alpha value is -2.72. The highest BCUT2D eigenvalue weighted by molar-refractivity contribution is 7.80. The lowest BCUT2D eigenvalue weighted by atomic mass is 9.78. The number of ether oxygens (including phenoxy) is 1. The minimum Gasteiger partial charge on any atom is -0.497 e. The van der Waals surface area contributed by atoms with Gasteiger partial charge in [-0.3, -0.25) is 4.79 Å². The SMILES string of the molecule is COc1ccc(N2C(=O)[C@@H](CCCc3ccccc3)[C@H]2c2ccc(S)cc2)cc1. The molecule has 2 atom stereocenters. The molecule has 1 amide bonds. The van der Waals surface area contributed by atoms with Crippen molar-refractivity contribution >= 4 is 24.2 Å². The molecule has 0 spiro atoms. The fourth-order valence-electron chi connectivity index (χ4n) is 4.08. The van der Waals surface area contributed by atoms with E-state index >= 15 is 0 Å². The second kappa shape index (κ2) is 8.75. The molecule has 29 heavy (non-hydrogen) atoms. The molecule has 1 heterocycles. The highest BCUT2D eigenvalue weighted by Gasteiger charge is 2.48. The normalized spacial score (nSPS) is 18.4. The highest BCUT2D eigenvalue weighted by atomic mass is 32.1. The molecule has 4 heteroatoms. The minimum absolute atomic E-state index is 0.00609. The summed E-state index contributed by atoms with van der Waals surface area (Å²) in [6, 6.07) is 26.4. The number of rotatable bonds is 7. The number of nitrogens with zero attached hydrogens (tertiary/aromatic N) is 1. The van der Waals surface area contributed by atoms with Crippen molar-refractivity contribution < 1.29 is 9.53 Å². The number of amides is 1. The van der Waals surface area contributed by atoms with Crippen LogP contribution in [0.5, 0.6) is 5.75 Å². The number of carbonyl (C=O) groups excluding carboxylic acids is 1. The van der Waals surface area contributed by atoms with Crippen LogP contribution < -0.4 is 9.64 Å². The number of methoxy groups -OCH3 is 1. The summed E-state index contributed by atoms with van der Waals surface area (Å²) in [5.74, 6) is 0.992. The zero-order valence-electron chi connectivity index (χ0n) is 16.5. The number of anilines is 1. The van der Waals surface area contributed by atoms with Gasteiger partial charge < -0.3 is 9.64 Å². The average Bonchev–Trinajstić information content (AvgIpc) is 2.77. The summed E-state index contributed by atoms with van der Waals surface area (Å²) in [5, 5.41) is 0. The number of hydrogen-bond acceptors (Lipinski definition) is 3. The zero-order chi connectivity index (χ0) is 20.2. The number of benzene rings is 3. The molecule has 0 aromatic heterocycles. The topological polar surface area (TPSA) is 29.5 Å². The summed E-state index contributed by atoms with van der Waals surface area (Å²) < 4.78 is 5.26. The Balaban J connectivity index is 1.53. The molecule has 3 aromatic carbocycles. The molecule has 1 aliphatic heterocycles. The first-order valence-corrected chi connectivity index (χ1v) is 10.4. The Morgan fingerprint density at radius 2 is 1.62 bits per heavy atom. The third-order valence-electron chi connectivity index (χ3n) is 5.62. The number of carbonyl (C=O) groups is 1. The molecule has 1 fully saturated rings. The minimum atomic E-state index is 0.00609. The number of thiol groups is 1. The Morgan fingerprint density at radius 3 is 2.28 bits per heavy atom. The van der Waals surface area contributed by atoms with Gasteiger partial charge in [0.1, 0.15) is 5.75 Å². The Kier molecular flexibility index (Phi) is 5.91. The third-order valence-corrected chi connectivity index (χ3v) is 5.92. The number of β-lactam (4-membered cyclic amide) rings is 1. The molecule has 1 saturated heterocycles. The van der Waals surface area contributed by atoms with Crippen molar-refractivity contribution in [2.75, 3.05) is 12.0 Å². The van der Waals surface area contributed by atoms with Crippen molar-refractivity contribution in [1.29, 1.82) is 0 Å². The van der Waals surface area contributed by atoms with Gasteiger partial charge in [-0.1, -0.05) is 42.5 Å². The molecule has 0 bridgehead atoms. The monoisotopic (exact) mass is 403 g/mol. The third kappa shape index (κ3) is 4.18. The molecular formula is C25H25NO2S. The number of hydrogen-bond donors (Lipinski definition) is 1. The molecule has 148 valence electrons. The van der Waals surface area contributed by atoms with Crippen LogP contribution in [0.3, 0.4) is 0 Å². The molecule has 3 nitrogen and oxygen atoms in total. The van der Waals surface area contributed by atoms with Crippen LogP contribution >= 0.6 is 12.6 Å². The van der Waals surface area contributed by atoms with E-state index in [0.717, 1.165) is 41.2 Å². The molecule has 0 N–H and O–H groups in total. The average molecular weight is 404 g/mol. The van der Waals surface area contributed by atoms with Gasteiger partial charge in [0.15, 0.2) is 0 Å². The van der Waals surface area contributed by atoms with Gasteiger partial charge in [0.25, 0.3) is 0 Å². The van der Waals surface area contributed by atoms with E-state index in [1.165, 1.54) is 5.56 Å². The van der Waals surface area contributed by atoms with E-state index in [2.05, 4.69) is 49.0 Å². The Bertz CT molecular complexity index is 954. The molecule has 0 aliphatic carbocycles. The van der Waals surface area contributed by atoms with Gasteiger partial charge in [-0.05, 0) is 66.8 Å². The summed E-state index contributed by atoms with van der Waals surface area (Å²) in [7, 11) is 1.65. The van der Waals surface area contributed by atoms with E-state index in [1.807, 2.05) is 47.4 Å². The predicted octanol–water partition coefficient (Wildman–Crippen LogP) is 5.71. The van der Waals surface area contributed by atoms with Crippen LogP contribution in [-0.4, -0.2) is 13.0 Å². The molecule has 4 rings (SSSR count). The second-order valence-corrected chi connectivity index (χ2v) is 7.94. The maximum Gasteiger partial charge on any atom is 0.233 e. The summed E-state index contributed by atoms with van der Waals surface area (Å²) in [6.45, 7) is 0. The van der Waals surface area contributed by atoms with Crippen molar-refractivity contribution in [3.05, 3.63) is 90.0 Å². The van der Waals surface area contributed by atoms with Crippen LogP contribution in [0.4, 0.5) is 5.69 Å². The molecule has 0 radical (unpaired) electrons. The molecule has 0 saturated carbocycles. The quantitative estimate of drug-likeness (QED) is 0.404. The Labute approximate surface area is 177 Å². The first-order valence-electron chi connectivity index (χ1n) is 9.97. The van der Waals surface area contributed by atoms with Crippen LogP contribution in [0.1, 0.15) is 30.0 Å². The van der Waals surface area contributed by atoms with Gasteiger partial charge in [-0.15, -0.1) is 12.6 Å². The predicted molar refractivity (Wildman–Crippen MR) is 120 cm³/mol. The molecule has 1 aliphatic rings. The number of aryl methyl sites for hydroxylation is 1. The lowest BCUT2D eigenvalue weighted by molar-refractivity contribution is -0.130. The van der Waals surface area contributed by atoms with Crippen LogP contribution in [0.15, 0.2) is 83.8 Å². The lowest BCUT2D eigenvalue weighted by Crippen LogP contribution is -2.55. The zero-order valence-corrected chi connectivity index (χ0v) is 17.4. The maximum absolute atomic E-state index is 13.1. The van der Waals surface area contributed by atoms with E-state index in [0.29, 0.717) is 0 Å². The van der Waals surface area contributed by atoms with Crippen molar-refractivity contribution in [2.45, 2.75) is 30.2 Å². The van der Waals surface area contributed by atoms with Crippen LogP contribution in [0.25, 0.3) is 0 Å². The van der Waals surface area contributed by atoms with E-state index in [9.17, 15) is 4.79 Å². The second-order valence-electron chi connectivity index (χ2n) is 7.43. The van der Waals surface area contributed by atoms with Crippen LogP contribution in [-0.2, 0) is 11.2 Å². The smallest absolute Gasteiger partial charge is 0.233 e. The maximum atomic E-state index is 13.1. The summed E-state index contributed by atoms with van der Waals surface area (Å²) in [5.41, 5.74) is 3.39. The van der Waals surface area contributed by atoms with Gasteiger partial charge in [0.2, 0.25) is 5.91 Å². The standard InChI is InChI=1S/C25H25NO2S/c1-28-21-14-12-20(13-15-21)26-24(19-10-16-22(29)17-11-19)23(25(26)27)9-5-8-18-6-3-2-4-7-18/h2-4,6-7,10-17,23-24,29H,5,8-9H2,1H3/t23-,24+/m0/s1. The first kappa shape index (κ1) is 19.6. The van der Waals surface area contributed by atoms with Crippen LogP contribution in [0, 0.1) is 5.92 Å². The van der Waals surface area contributed by atoms with E-state index in [1.54, 1.807) is 7.11 Å². The van der Waals surface area contributed by atoms with Gasteiger partial charge in [0.05, 0.1) is 19.1 Å². The molecular weight excluding hydrogens is 378 g/mol. The van der Waals surface area contributed by atoms with Crippen molar-refractivity contribution in [2.24, 2.45) is 5.92 Å². The van der Waals surface area contributed by atoms with Gasteiger partial charge in [0, 0.05) is 10.6 Å². The van der Waals surface area contributed by atoms with E-state index in [4.69, 9.17) is 4.74 Å². The van der Waals surface area contributed by atoms with Gasteiger partial charge >= 0.3 is 0 Å². The summed E-state index contributed by atoms with van der Waals surface area (Å²) in [4.78, 5) is 15.9. The fourth-order valence-corrected chi connectivity index (χ4v) is 4.23. The van der Waals surface area contributed by atoms with Gasteiger partial charge in [-0.25, -0.2) is 0 Å². The van der Waals surface area contributed by atoms with E-state index < -0.39 is 0 Å².